The molecule has 0 bridgehead atoms. The number of ether oxygens (including phenoxy) is 3. The Kier molecular flexibility index (Phi) is 6.92. The minimum atomic E-state index is -0.0143. The van der Waals surface area contributed by atoms with E-state index in [0.717, 1.165) is 44.1 Å². The third-order valence-electron chi connectivity index (χ3n) is 5.79. The Morgan fingerprint density at radius 2 is 1.62 bits per heavy atom. The maximum atomic E-state index is 5.61. The molecule has 2 N–H and O–H groups in total. The summed E-state index contributed by atoms with van der Waals surface area (Å²) in [6.45, 7) is 12.0. The fourth-order valence-electron chi connectivity index (χ4n) is 4.16. The lowest BCUT2D eigenvalue weighted by Gasteiger charge is -2.34. The molecule has 0 aliphatic carbocycles. The molecule has 0 spiro atoms. The van der Waals surface area contributed by atoms with E-state index in [1.165, 1.54) is 4.90 Å². The number of aromatic nitrogens is 4. The average Bonchev–Trinajstić information content (AvgIpc) is 3.23. The van der Waals surface area contributed by atoms with Crippen LogP contribution >= 0.6 is 0 Å². The molecule has 3 rings (SSSR count). The van der Waals surface area contributed by atoms with Crippen LogP contribution in [0.15, 0.2) is 12.1 Å². The minimum Gasteiger partial charge on any atom is -0.493 e. The van der Waals surface area contributed by atoms with E-state index >= 15 is 0 Å². The van der Waals surface area contributed by atoms with Gasteiger partial charge >= 0.3 is 0 Å². The first kappa shape index (κ1) is 21.3. The number of hydrogen-bond donors (Lipinski definition) is 2. The van der Waals surface area contributed by atoms with Crippen LogP contribution in [0.5, 0.6) is 17.2 Å². The number of hydrogen-bond acceptors (Lipinski definition) is 6. The van der Waals surface area contributed by atoms with Gasteiger partial charge in [-0.1, -0.05) is 0 Å². The van der Waals surface area contributed by atoms with E-state index in [9.17, 15) is 0 Å². The van der Waals surface area contributed by atoms with Gasteiger partial charge in [-0.15, -0.1) is 5.10 Å². The van der Waals surface area contributed by atoms with Crippen molar-refractivity contribution >= 4 is 0 Å². The molecule has 2 heterocycles. The fraction of sp³-hybridized carbons (Fsp3) is 0.650. The summed E-state index contributed by atoms with van der Waals surface area (Å²) in [6, 6.07) is 4.21. The van der Waals surface area contributed by atoms with Crippen LogP contribution in [0.2, 0.25) is 0 Å². The van der Waals surface area contributed by atoms with Gasteiger partial charge in [-0.3, -0.25) is 0 Å². The topological polar surface area (TPSA) is 80.2 Å². The maximum absolute atomic E-state index is 5.61. The molecule has 2 aromatic rings. The van der Waals surface area contributed by atoms with Crippen LogP contribution in [-0.4, -0.2) is 74.3 Å². The van der Waals surface area contributed by atoms with Crippen LogP contribution in [0.1, 0.15) is 44.2 Å². The van der Waals surface area contributed by atoms with Crippen molar-refractivity contribution in [2.24, 2.45) is 0 Å². The molecule has 1 atom stereocenters. The predicted molar refractivity (Wildman–Crippen MR) is 108 cm³/mol. The average molecular weight is 407 g/mol. The molecule has 0 unspecified atom stereocenters. The van der Waals surface area contributed by atoms with Gasteiger partial charge in [-0.2, -0.15) is 0 Å². The number of likely N-dealkylation sites (N-methyl/N-ethyl adjacent to an activating group) is 1. The van der Waals surface area contributed by atoms with Crippen molar-refractivity contribution in [3.05, 3.63) is 23.5 Å². The largest absolute Gasteiger partial charge is 0.493 e. The standard InChI is InChI=1S/C20H32N6O3/c1-7-24-8-10-25(11-9-24)18(20-21-22-23-26(20)14(2)3)15-12-16(27-4)19(29-6)17(13-15)28-5/h12-14,18H,7-11H2,1-6H3/p+2/t18-/m1/s1. The number of nitrogens with one attached hydrogen (secondary N) is 2. The first-order valence-electron chi connectivity index (χ1n) is 10.3. The molecule has 9 heteroatoms. The Morgan fingerprint density at radius 1 is 1.00 bits per heavy atom. The Labute approximate surface area is 172 Å². The van der Waals surface area contributed by atoms with Gasteiger partial charge in [-0.25, -0.2) is 4.68 Å². The van der Waals surface area contributed by atoms with Gasteiger partial charge in [0, 0.05) is 5.56 Å². The zero-order valence-corrected chi connectivity index (χ0v) is 18.4. The van der Waals surface area contributed by atoms with Crippen molar-refractivity contribution in [1.82, 2.24) is 20.2 Å². The second-order valence-corrected chi connectivity index (χ2v) is 7.73. The first-order chi connectivity index (χ1) is 14.0. The molecule has 1 aromatic heterocycles. The summed E-state index contributed by atoms with van der Waals surface area (Å²) in [5, 5.41) is 12.7. The molecule has 0 amide bonds. The van der Waals surface area contributed by atoms with E-state index in [2.05, 4.69) is 36.3 Å². The van der Waals surface area contributed by atoms with E-state index in [-0.39, 0.29) is 12.1 Å². The summed E-state index contributed by atoms with van der Waals surface area (Å²) in [7, 11) is 4.91. The van der Waals surface area contributed by atoms with Crippen LogP contribution in [0.4, 0.5) is 0 Å². The summed E-state index contributed by atoms with van der Waals surface area (Å²) in [5.41, 5.74) is 1.06. The van der Waals surface area contributed by atoms with E-state index in [1.54, 1.807) is 26.2 Å². The fourth-order valence-corrected chi connectivity index (χ4v) is 4.16. The quantitative estimate of drug-likeness (QED) is 0.596. The second-order valence-electron chi connectivity index (χ2n) is 7.73. The minimum absolute atomic E-state index is 0.0143. The Bertz CT molecular complexity index is 776. The van der Waals surface area contributed by atoms with Gasteiger partial charge in [0.1, 0.15) is 26.2 Å². The molecule has 0 radical (unpaired) electrons. The number of rotatable bonds is 8. The summed E-state index contributed by atoms with van der Waals surface area (Å²) in [4.78, 5) is 3.09. The molecular weight excluding hydrogens is 372 g/mol. The van der Waals surface area contributed by atoms with E-state index in [1.807, 2.05) is 16.8 Å². The number of quaternary nitrogens is 2. The molecule has 0 saturated carbocycles. The van der Waals surface area contributed by atoms with Crippen molar-refractivity contribution in [1.29, 1.82) is 0 Å². The third kappa shape index (κ3) is 4.30. The van der Waals surface area contributed by atoms with Gasteiger partial charge in [0.15, 0.2) is 17.5 Å². The van der Waals surface area contributed by atoms with Gasteiger partial charge < -0.3 is 24.0 Å². The molecule has 9 nitrogen and oxygen atoms in total. The molecule has 1 aromatic carbocycles. The van der Waals surface area contributed by atoms with Crippen molar-refractivity contribution in [3.8, 4) is 17.2 Å². The zero-order valence-electron chi connectivity index (χ0n) is 18.4. The van der Waals surface area contributed by atoms with Gasteiger partial charge in [0.05, 0.1) is 33.9 Å². The highest BCUT2D eigenvalue weighted by molar-refractivity contribution is 5.54. The third-order valence-corrected chi connectivity index (χ3v) is 5.79. The van der Waals surface area contributed by atoms with E-state index in [4.69, 9.17) is 14.2 Å². The second kappa shape index (κ2) is 9.41. The van der Waals surface area contributed by atoms with E-state index in [0.29, 0.717) is 17.2 Å². The van der Waals surface area contributed by atoms with Crippen molar-refractivity contribution in [2.45, 2.75) is 32.9 Å². The van der Waals surface area contributed by atoms with Crippen molar-refractivity contribution < 1.29 is 24.0 Å². The van der Waals surface area contributed by atoms with Crippen LogP contribution in [-0.2, 0) is 0 Å². The zero-order chi connectivity index (χ0) is 21.0. The number of tetrazole rings is 1. The molecule has 1 aliphatic heterocycles. The highest BCUT2D eigenvalue weighted by Gasteiger charge is 2.36. The Hall–Kier alpha value is -2.39. The molecular formula is C20H34N6O3+2. The highest BCUT2D eigenvalue weighted by Crippen LogP contribution is 2.40. The van der Waals surface area contributed by atoms with Gasteiger partial charge in [0.25, 0.3) is 0 Å². The molecule has 1 aliphatic rings. The lowest BCUT2D eigenvalue weighted by atomic mass is 10.0. The predicted octanol–water partition coefficient (Wildman–Crippen LogP) is -0.827. The summed E-state index contributed by atoms with van der Waals surface area (Å²) < 4.78 is 18.6. The monoisotopic (exact) mass is 406 g/mol. The molecule has 1 fully saturated rings. The number of piperazine rings is 1. The van der Waals surface area contributed by atoms with Gasteiger partial charge in [-0.05, 0) is 43.3 Å². The molecule has 1 saturated heterocycles. The highest BCUT2D eigenvalue weighted by atomic mass is 16.5. The number of methoxy groups -OCH3 is 3. The van der Waals surface area contributed by atoms with Crippen LogP contribution in [0, 0.1) is 0 Å². The Balaban J connectivity index is 2.09. The summed E-state index contributed by atoms with van der Waals surface area (Å²) >= 11 is 0. The number of benzene rings is 1. The van der Waals surface area contributed by atoms with E-state index < -0.39 is 0 Å². The smallest absolute Gasteiger partial charge is 0.214 e. The van der Waals surface area contributed by atoms with Crippen LogP contribution < -0.4 is 24.0 Å². The van der Waals surface area contributed by atoms with Crippen molar-refractivity contribution in [2.75, 3.05) is 54.1 Å². The number of nitrogens with zero attached hydrogens (tertiary/aromatic N) is 4. The maximum Gasteiger partial charge on any atom is 0.214 e. The summed E-state index contributed by atoms with van der Waals surface area (Å²) in [6.07, 6.45) is 0. The normalized spacial score (nSPS) is 20.5. The Morgan fingerprint density at radius 3 is 2.10 bits per heavy atom. The summed E-state index contributed by atoms with van der Waals surface area (Å²) in [5.74, 6) is 2.75. The lowest BCUT2D eigenvalue weighted by molar-refractivity contribution is -1.02. The lowest BCUT2D eigenvalue weighted by Crippen LogP contribution is -3.28. The van der Waals surface area contributed by atoms with Crippen LogP contribution in [0.3, 0.4) is 0 Å². The SMILES string of the molecule is CC[NH+]1CC[NH+]([C@H](c2cc(OC)c(OC)c(OC)c2)c2nnnn2C(C)C)CC1. The molecule has 29 heavy (non-hydrogen) atoms. The first-order valence-corrected chi connectivity index (χ1v) is 10.3. The van der Waals surface area contributed by atoms with Crippen LogP contribution in [0.25, 0.3) is 0 Å². The van der Waals surface area contributed by atoms with Crippen molar-refractivity contribution in [3.63, 3.8) is 0 Å². The molecule has 160 valence electrons. The van der Waals surface area contributed by atoms with Gasteiger partial charge in [0.2, 0.25) is 11.6 Å².